The molecule has 0 spiro atoms. The highest BCUT2D eigenvalue weighted by Gasteiger charge is 2.55. The lowest BCUT2D eigenvalue weighted by atomic mass is 9.77. The molecule has 1 fully saturated rings. The van der Waals surface area contributed by atoms with Crippen molar-refractivity contribution >= 4 is 57.6 Å². The number of hydrogen-bond acceptors (Lipinski definition) is 14. The summed E-state index contributed by atoms with van der Waals surface area (Å²) in [6, 6.07) is 49.0. The molecule has 2 aromatic heterocycles. The van der Waals surface area contributed by atoms with Gasteiger partial charge in [-0.15, -0.1) is 23.1 Å². The first-order valence-electron chi connectivity index (χ1n) is 21.4. The molecule has 2 aliphatic rings. The number of hydrogen-bond donors (Lipinski definition) is 3. The first-order chi connectivity index (χ1) is 33.2. The van der Waals surface area contributed by atoms with E-state index in [1.54, 1.807) is 5.38 Å². The predicted molar refractivity (Wildman–Crippen MR) is 256 cm³/mol. The number of amides is 3. The predicted octanol–water partition coefficient (Wildman–Crippen LogP) is 6.98. The molecule has 0 aliphatic carbocycles. The van der Waals surface area contributed by atoms with Gasteiger partial charge in [-0.2, -0.15) is 0 Å². The topological polar surface area (TPSA) is 201 Å². The zero-order valence-electron chi connectivity index (χ0n) is 36.4. The third-order valence-corrected chi connectivity index (χ3v) is 13.4. The van der Waals surface area contributed by atoms with Crippen molar-refractivity contribution in [3.05, 3.63) is 214 Å². The molecule has 0 bridgehead atoms. The minimum Gasteiger partial charge on any atom is -0.471 e. The zero-order valence-corrected chi connectivity index (χ0v) is 38.0. The number of nitrogens with two attached hydrogens (primary N) is 1. The van der Waals surface area contributed by atoms with E-state index in [2.05, 4.69) is 57.3 Å². The Morgan fingerprint density at radius 1 is 0.853 bits per heavy atom. The smallest absolute Gasteiger partial charge is 0.356 e. The molecule has 3 amide bonds. The fraction of sp³-hybridized carbons (Fsp3) is 0.157. The van der Waals surface area contributed by atoms with Crippen LogP contribution in [0.3, 0.4) is 0 Å². The van der Waals surface area contributed by atoms with Crippen molar-refractivity contribution < 1.29 is 38.0 Å². The van der Waals surface area contributed by atoms with Crippen LogP contribution >= 0.6 is 23.1 Å². The highest BCUT2D eigenvalue weighted by atomic mass is 32.2. The summed E-state index contributed by atoms with van der Waals surface area (Å²) < 4.78 is 17.4. The molecule has 2 aliphatic heterocycles. The molecule has 1 saturated heterocycles. The van der Waals surface area contributed by atoms with E-state index in [1.807, 2.05) is 115 Å². The Morgan fingerprint density at radius 2 is 1.41 bits per heavy atom. The van der Waals surface area contributed by atoms with Crippen molar-refractivity contribution in [3.63, 3.8) is 0 Å². The van der Waals surface area contributed by atoms with E-state index in [0.29, 0.717) is 21.8 Å². The van der Waals surface area contributed by atoms with Gasteiger partial charge in [0.15, 0.2) is 16.9 Å². The third kappa shape index (κ3) is 9.34. The van der Waals surface area contributed by atoms with Crippen LogP contribution in [0, 0.1) is 0 Å². The van der Waals surface area contributed by atoms with Crippen LogP contribution in [0.2, 0.25) is 0 Å². The third-order valence-electron chi connectivity index (χ3n) is 11.3. The number of carbonyl (C=O) groups excluding carboxylic acids is 4. The summed E-state index contributed by atoms with van der Waals surface area (Å²) >= 11 is 2.61. The van der Waals surface area contributed by atoms with E-state index in [0.717, 1.165) is 16.7 Å². The van der Waals surface area contributed by atoms with Crippen molar-refractivity contribution in [1.29, 1.82) is 0 Å². The van der Waals surface area contributed by atoms with Crippen LogP contribution in [0.4, 0.5) is 5.13 Å². The molecular weight excluding hydrogens is 903 g/mol. The molecule has 0 radical (unpaired) electrons. The number of oxime groups is 1. The van der Waals surface area contributed by atoms with E-state index in [9.17, 15) is 19.2 Å². The number of nitrogens with zero attached hydrogens (tertiary/aromatic N) is 4. The van der Waals surface area contributed by atoms with Crippen molar-refractivity contribution in [2.45, 2.75) is 29.5 Å². The highest BCUT2D eigenvalue weighted by molar-refractivity contribution is 8.00. The van der Waals surface area contributed by atoms with Gasteiger partial charge in [0.1, 0.15) is 47.8 Å². The van der Waals surface area contributed by atoms with Crippen LogP contribution in [0.5, 0.6) is 5.88 Å². The second-order valence-corrected chi connectivity index (χ2v) is 17.6. The van der Waals surface area contributed by atoms with Gasteiger partial charge in [-0.25, -0.2) is 9.78 Å². The number of thioether (sulfide) groups is 1. The molecule has 9 rings (SSSR count). The van der Waals surface area contributed by atoms with Gasteiger partial charge in [-0.05, 0) is 33.0 Å². The second-order valence-electron chi connectivity index (χ2n) is 15.6. The number of nitrogens with one attached hydrogen (secondary N) is 2. The average Bonchev–Trinajstić information content (AvgIpc) is 4.04. The molecule has 342 valence electrons. The summed E-state index contributed by atoms with van der Waals surface area (Å²) in [4.78, 5) is 66.0. The Kier molecular flexibility index (Phi) is 13.4. The fourth-order valence-corrected chi connectivity index (χ4v) is 10.3. The summed E-state index contributed by atoms with van der Waals surface area (Å²) in [6.07, 6.45) is -1.01. The monoisotopic (exact) mass is 945 g/mol. The van der Waals surface area contributed by atoms with Crippen molar-refractivity contribution in [2.75, 3.05) is 24.8 Å². The largest absolute Gasteiger partial charge is 0.471 e. The molecule has 2 atom stereocenters. The number of anilines is 1. The standard InChI is InChI=1S/C51H43N7O8S2/c1-63-57-42(39-31-68-50(53-39)55-51(35-21-11-4-12-22-35,36-23-13-5-14-24-36)37-25-15-6-16-26-37)46(60)54-43-47(61)58-44(34(30-67-48(43)58)29-64-41-28-38(66-56-41)27-40(52)59)49(62)65-45(32-17-7-2-8-18-32)33-19-9-3-10-20-33/h2-26,28,31,43,45,48H,27,29-30H2,1H3,(H2,52,59)(H,53,55)(H,54,60)/b57-42-/t43?,48-/m1/s1. The number of aromatic nitrogens is 2. The first-order valence-corrected chi connectivity index (χ1v) is 23.3. The van der Waals surface area contributed by atoms with E-state index in [4.69, 9.17) is 29.6 Å². The maximum Gasteiger partial charge on any atom is 0.356 e. The van der Waals surface area contributed by atoms with Gasteiger partial charge in [0.2, 0.25) is 5.91 Å². The second kappa shape index (κ2) is 20.2. The van der Waals surface area contributed by atoms with Gasteiger partial charge in [0.25, 0.3) is 17.7 Å². The Balaban J connectivity index is 0.981. The number of β-lactam (4-membered cyclic amide) rings is 1. The number of primary amides is 1. The van der Waals surface area contributed by atoms with E-state index in [1.165, 1.54) is 41.2 Å². The normalized spacial score (nSPS) is 15.8. The van der Waals surface area contributed by atoms with Gasteiger partial charge in [-0.1, -0.05) is 157 Å². The number of benzene rings is 5. The van der Waals surface area contributed by atoms with Gasteiger partial charge in [-0.3, -0.25) is 19.3 Å². The quantitative estimate of drug-likeness (QED) is 0.0263. The summed E-state index contributed by atoms with van der Waals surface area (Å²) in [5.74, 6) is -2.19. The van der Waals surface area contributed by atoms with Crippen LogP contribution in [-0.4, -0.2) is 75.3 Å². The van der Waals surface area contributed by atoms with E-state index in [-0.39, 0.29) is 47.5 Å². The molecule has 4 heterocycles. The maximum atomic E-state index is 14.6. The van der Waals surface area contributed by atoms with Crippen LogP contribution in [0.15, 0.2) is 184 Å². The van der Waals surface area contributed by atoms with Crippen LogP contribution in [0.25, 0.3) is 0 Å². The molecule has 15 nitrogen and oxygen atoms in total. The molecule has 7 aromatic rings. The van der Waals surface area contributed by atoms with Crippen molar-refractivity contribution in [2.24, 2.45) is 10.9 Å². The maximum absolute atomic E-state index is 14.6. The number of esters is 1. The summed E-state index contributed by atoms with van der Waals surface area (Å²) in [7, 11) is 1.32. The molecule has 0 saturated carbocycles. The molecule has 68 heavy (non-hydrogen) atoms. The Hall–Kier alpha value is -8.02. The minimum atomic E-state index is -1.07. The van der Waals surface area contributed by atoms with Gasteiger partial charge >= 0.3 is 5.97 Å². The molecule has 4 N–H and O–H groups in total. The van der Waals surface area contributed by atoms with Crippen LogP contribution in [0.1, 0.15) is 45.4 Å². The fourth-order valence-electron chi connectivity index (χ4n) is 8.19. The first kappa shape index (κ1) is 45.1. The van der Waals surface area contributed by atoms with Crippen LogP contribution < -0.4 is 21.1 Å². The lowest BCUT2D eigenvalue weighted by Crippen LogP contribution is -2.71. The number of rotatable bonds is 18. The number of thiazole rings is 1. The van der Waals surface area contributed by atoms with E-state index >= 15 is 0 Å². The summed E-state index contributed by atoms with van der Waals surface area (Å²) in [6.45, 7) is -0.181. The number of carbonyl (C=O) groups is 4. The van der Waals surface area contributed by atoms with Crippen LogP contribution in [-0.2, 0) is 40.7 Å². The number of ether oxygens (including phenoxy) is 2. The Bertz CT molecular complexity index is 2830. The lowest BCUT2D eigenvalue weighted by Gasteiger charge is -2.49. The Labute approximate surface area is 399 Å². The number of fused-ring (bicyclic) bond motifs is 1. The molecule has 1 unspecified atom stereocenters. The van der Waals surface area contributed by atoms with Crippen molar-refractivity contribution in [1.82, 2.24) is 20.4 Å². The minimum absolute atomic E-state index is 0.0262. The van der Waals surface area contributed by atoms with Gasteiger partial charge in [0.05, 0.1) is 6.42 Å². The zero-order chi connectivity index (χ0) is 47.0. The lowest BCUT2D eigenvalue weighted by molar-refractivity contribution is -0.154. The summed E-state index contributed by atoms with van der Waals surface area (Å²) in [5.41, 5.74) is 9.20. The summed E-state index contributed by atoms with van der Waals surface area (Å²) in [5, 5.41) is 16.0. The average molecular weight is 946 g/mol. The molecule has 5 aromatic carbocycles. The Morgan fingerprint density at radius 3 is 1.96 bits per heavy atom. The highest BCUT2D eigenvalue weighted by Crippen LogP contribution is 2.43. The molecule has 17 heteroatoms. The SMILES string of the molecule is CO/N=C(\C(=O)NC1C(=O)N2C(C(=O)OC(c3ccccc3)c3ccccc3)=C(COc3cc(CC(N)=O)on3)CS[C@H]12)c1csc(NC(c2ccccc2)(c2ccccc2)c2ccccc2)n1. The molecular formula is C51H43N7O8S2. The van der Waals surface area contributed by atoms with Gasteiger partial charge in [0, 0.05) is 22.8 Å². The van der Waals surface area contributed by atoms with Crippen molar-refractivity contribution in [3.8, 4) is 5.88 Å². The van der Waals surface area contributed by atoms with E-state index < -0.39 is 46.7 Å². The van der Waals surface area contributed by atoms with Gasteiger partial charge < -0.3 is 35.2 Å².